The molecule has 0 amide bonds. The smallest absolute Gasteiger partial charge is 0.164 e. The first kappa shape index (κ1) is 32.0. The molecule has 1 heterocycles. The van der Waals surface area contributed by atoms with Crippen LogP contribution in [0, 0.1) is 0 Å². The van der Waals surface area contributed by atoms with Crippen LogP contribution < -0.4 is 5.73 Å². The van der Waals surface area contributed by atoms with Crippen LogP contribution in [0.5, 0.6) is 0 Å². The van der Waals surface area contributed by atoms with Gasteiger partial charge in [-0.05, 0) is 91.0 Å². The lowest BCUT2D eigenvalue weighted by molar-refractivity contribution is 0.794. The van der Waals surface area contributed by atoms with Crippen molar-refractivity contribution in [1.82, 2.24) is 15.0 Å². The maximum absolute atomic E-state index is 6.52. The van der Waals surface area contributed by atoms with Crippen LogP contribution in [0.4, 0.5) is 5.69 Å². The molecule has 2 N–H and O–H groups in total. The van der Waals surface area contributed by atoms with E-state index in [2.05, 4.69) is 152 Å². The van der Waals surface area contributed by atoms with Crippen molar-refractivity contribution >= 4 is 5.69 Å². The van der Waals surface area contributed by atoms with E-state index in [1.165, 1.54) is 50.1 Å². The van der Waals surface area contributed by atoms with Crippen molar-refractivity contribution in [2.24, 2.45) is 0 Å². The van der Waals surface area contributed by atoms with Crippen LogP contribution in [0.1, 0.15) is 22.3 Å². The van der Waals surface area contributed by atoms with Crippen molar-refractivity contribution in [3.05, 3.63) is 216 Å². The summed E-state index contributed by atoms with van der Waals surface area (Å²) in [5.74, 6) is 1.89. The van der Waals surface area contributed by atoms with Gasteiger partial charge in [-0.3, -0.25) is 0 Å². The molecule has 0 fully saturated rings. The lowest BCUT2D eigenvalue weighted by atomic mass is 9.70. The molecule has 0 saturated carbocycles. The average molecular weight is 715 g/mol. The summed E-state index contributed by atoms with van der Waals surface area (Å²) >= 11 is 0. The number of benzene rings is 8. The number of hydrogen-bond acceptors (Lipinski definition) is 4. The van der Waals surface area contributed by atoms with Crippen LogP contribution in [0.25, 0.3) is 78.7 Å². The van der Waals surface area contributed by atoms with Crippen molar-refractivity contribution in [3.63, 3.8) is 0 Å². The Kier molecular flexibility index (Phi) is 7.20. The molecule has 0 saturated heterocycles. The van der Waals surface area contributed by atoms with E-state index < -0.39 is 5.41 Å². The molecule has 4 heteroatoms. The second kappa shape index (κ2) is 12.6. The zero-order valence-electron chi connectivity index (χ0n) is 30.4. The second-order valence-corrected chi connectivity index (χ2v) is 14.6. The van der Waals surface area contributed by atoms with E-state index in [-0.39, 0.29) is 0 Å². The Hall–Kier alpha value is -7.43. The van der Waals surface area contributed by atoms with Crippen molar-refractivity contribution in [1.29, 1.82) is 0 Å². The molecule has 4 nitrogen and oxygen atoms in total. The predicted molar refractivity (Wildman–Crippen MR) is 228 cm³/mol. The molecule has 1 spiro atoms. The Morgan fingerprint density at radius 3 is 1.36 bits per heavy atom. The van der Waals surface area contributed by atoms with E-state index in [0.717, 1.165) is 39.1 Å². The number of nitrogens with two attached hydrogens (primary N) is 1. The van der Waals surface area contributed by atoms with Crippen LogP contribution in [0.15, 0.2) is 194 Å². The van der Waals surface area contributed by atoms with E-state index in [1.807, 2.05) is 42.5 Å². The van der Waals surface area contributed by atoms with Gasteiger partial charge < -0.3 is 5.73 Å². The number of hydrogen-bond donors (Lipinski definition) is 1. The summed E-state index contributed by atoms with van der Waals surface area (Å²) in [5, 5.41) is 0. The second-order valence-electron chi connectivity index (χ2n) is 14.6. The molecule has 1 aromatic heterocycles. The minimum Gasteiger partial charge on any atom is -0.399 e. The highest BCUT2D eigenvalue weighted by Gasteiger charge is 2.51. The summed E-state index contributed by atoms with van der Waals surface area (Å²) in [6, 6.07) is 68.6. The van der Waals surface area contributed by atoms with Crippen molar-refractivity contribution in [2.45, 2.75) is 5.41 Å². The third-order valence-electron chi connectivity index (χ3n) is 11.5. The minimum absolute atomic E-state index is 0.416. The molecular weight excluding hydrogens is 681 g/mol. The standard InChI is InChI=1S/C52H34N4/c53-40-27-29-48-44(32-40)43-31-38(26-28-47(43)52(48)45-20-9-7-18-41(45)42-19-8-10-21-46(42)52)37-16-11-17-39(30-37)51-55-49(35-14-5-2-6-15-35)54-50(56-51)36-24-22-34(23-25-36)33-12-3-1-4-13-33/h1-32H,53H2. The van der Waals surface area contributed by atoms with Crippen LogP contribution >= 0.6 is 0 Å². The molecule has 2 aliphatic carbocycles. The van der Waals surface area contributed by atoms with Gasteiger partial charge in [0.2, 0.25) is 0 Å². The van der Waals surface area contributed by atoms with E-state index in [0.29, 0.717) is 17.5 Å². The quantitative estimate of drug-likeness (QED) is 0.180. The lowest BCUT2D eigenvalue weighted by Crippen LogP contribution is -2.25. The molecule has 262 valence electrons. The average Bonchev–Trinajstić information content (AvgIpc) is 3.73. The predicted octanol–water partition coefficient (Wildman–Crippen LogP) is 12.1. The fourth-order valence-corrected chi connectivity index (χ4v) is 8.98. The van der Waals surface area contributed by atoms with Crippen LogP contribution in [0.3, 0.4) is 0 Å². The van der Waals surface area contributed by atoms with E-state index in [4.69, 9.17) is 20.7 Å². The zero-order chi connectivity index (χ0) is 37.2. The van der Waals surface area contributed by atoms with Gasteiger partial charge >= 0.3 is 0 Å². The minimum atomic E-state index is -0.416. The summed E-state index contributed by atoms with van der Waals surface area (Å²) in [6.45, 7) is 0. The maximum atomic E-state index is 6.52. The molecule has 2 aliphatic rings. The molecule has 0 aliphatic heterocycles. The maximum Gasteiger partial charge on any atom is 0.164 e. The largest absolute Gasteiger partial charge is 0.399 e. The van der Waals surface area contributed by atoms with Crippen molar-refractivity contribution < 1.29 is 0 Å². The number of anilines is 1. The summed E-state index contributed by atoms with van der Waals surface area (Å²) in [7, 11) is 0. The van der Waals surface area contributed by atoms with E-state index >= 15 is 0 Å². The van der Waals surface area contributed by atoms with Gasteiger partial charge in [0.1, 0.15) is 0 Å². The third kappa shape index (κ3) is 4.89. The van der Waals surface area contributed by atoms with Crippen LogP contribution in [-0.4, -0.2) is 15.0 Å². The normalized spacial score (nSPS) is 12.9. The Morgan fingerprint density at radius 1 is 0.286 bits per heavy atom. The first-order chi connectivity index (χ1) is 27.6. The van der Waals surface area contributed by atoms with Gasteiger partial charge in [0.15, 0.2) is 17.5 Å². The van der Waals surface area contributed by atoms with Crippen molar-refractivity contribution in [3.8, 4) is 78.7 Å². The fraction of sp³-hybridized carbons (Fsp3) is 0.0192. The Morgan fingerprint density at radius 2 is 0.696 bits per heavy atom. The SMILES string of the molecule is Nc1ccc2c(c1)-c1cc(-c3cccc(-c4nc(-c5ccccc5)nc(-c5ccc(-c6ccccc6)cc5)n4)c3)ccc1C21c2ccccc2-c2ccccc21. The van der Waals surface area contributed by atoms with Gasteiger partial charge in [0, 0.05) is 22.4 Å². The Bertz CT molecular complexity index is 2920. The van der Waals surface area contributed by atoms with E-state index in [9.17, 15) is 0 Å². The molecule has 0 bridgehead atoms. The van der Waals surface area contributed by atoms with Gasteiger partial charge in [-0.1, -0.05) is 170 Å². The Labute approximate surface area is 325 Å². The number of aromatic nitrogens is 3. The number of nitrogen functional groups attached to an aromatic ring is 1. The summed E-state index contributed by atoms with van der Waals surface area (Å²) < 4.78 is 0. The zero-order valence-corrected chi connectivity index (χ0v) is 30.4. The monoisotopic (exact) mass is 714 g/mol. The first-order valence-electron chi connectivity index (χ1n) is 19.0. The van der Waals surface area contributed by atoms with Gasteiger partial charge in [-0.25, -0.2) is 15.0 Å². The molecule has 11 rings (SSSR count). The van der Waals surface area contributed by atoms with Gasteiger partial charge in [0.25, 0.3) is 0 Å². The van der Waals surface area contributed by atoms with Crippen LogP contribution in [0.2, 0.25) is 0 Å². The molecule has 0 radical (unpaired) electrons. The highest BCUT2D eigenvalue weighted by atomic mass is 15.0. The summed E-state index contributed by atoms with van der Waals surface area (Å²) in [5.41, 5.74) is 24.3. The summed E-state index contributed by atoms with van der Waals surface area (Å²) in [4.78, 5) is 15.1. The van der Waals surface area contributed by atoms with Gasteiger partial charge in [0.05, 0.1) is 5.41 Å². The number of nitrogens with zero attached hydrogens (tertiary/aromatic N) is 3. The van der Waals surface area contributed by atoms with Crippen LogP contribution in [-0.2, 0) is 5.41 Å². The molecule has 8 aromatic carbocycles. The third-order valence-corrected chi connectivity index (χ3v) is 11.5. The number of fused-ring (bicyclic) bond motifs is 10. The van der Waals surface area contributed by atoms with Gasteiger partial charge in [-0.15, -0.1) is 0 Å². The highest BCUT2D eigenvalue weighted by molar-refractivity contribution is 5.96. The molecule has 0 atom stereocenters. The highest BCUT2D eigenvalue weighted by Crippen LogP contribution is 2.63. The fourth-order valence-electron chi connectivity index (χ4n) is 8.98. The van der Waals surface area contributed by atoms with Crippen molar-refractivity contribution in [2.75, 3.05) is 5.73 Å². The molecule has 56 heavy (non-hydrogen) atoms. The lowest BCUT2D eigenvalue weighted by Gasteiger charge is -2.30. The topological polar surface area (TPSA) is 64.7 Å². The summed E-state index contributed by atoms with van der Waals surface area (Å²) in [6.07, 6.45) is 0. The molecule has 0 unspecified atom stereocenters. The van der Waals surface area contributed by atoms with Gasteiger partial charge in [-0.2, -0.15) is 0 Å². The van der Waals surface area contributed by atoms with E-state index in [1.54, 1.807) is 0 Å². The molecule has 9 aromatic rings. The first-order valence-corrected chi connectivity index (χ1v) is 19.0. The number of rotatable bonds is 5. The molecular formula is C52H34N4. The Balaban J connectivity index is 1.04.